The van der Waals surface area contributed by atoms with Crippen molar-refractivity contribution in [2.24, 2.45) is 7.05 Å². The predicted molar refractivity (Wildman–Crippen MR) is 72.2 cm³/mol. The van der Waals surface area contributed by atoms with Gasteiger partial charge in [-0.2, -0.15) is 5.10 Å². The minimum atomic E-state index is 0.0524. The van der Waals surface area contributed by atoms with E-state index < -0.39 is 0 Å². The Morgan fingerprint density at radius 1 is 1.42 bits per heavy atom. The van der Waals surface area contributed by atoms with Crippen molar-refractivity contribution in [1.29, 1.82) is 0 Å². The smallest absolute Gasteiger partial charge is 0.212 e. The number of aromatic nitrogens is 3. The van der Waals surface area contributed by atoms with Crippen LogP contribution in [0.25, 0.3) is 0 Å². The first-order valence-corrected chi connectivity index (χ1v) is 6.66. The van der Waals surface area contributed by atoms with Crippen LogP contribution in [0.4, 0.5) is 0 Å². The number of hydrogen-bond donors (Lipinski definition) is 1. The van der Waals surface area contributed by atoms with Gasteiger partial charge in [0.2, 0.25) is 5.78 Å². The maximum absolute atomic E-state index is 12.5. The quantitative estimate of drug-likeness (QED) is 0.846. The van der Waals surface area contributed by atoms with E-state index in [2.05, 4.69) is 15.0 Å². The number of carbonyl (C=O) groups is 1. The van der Waals surface area contributed by atoms with Crippen LogP contribution in [0.3, 0.4) is 0 Å². The highest BCUT2D eigenvalue weighted by Crippen LogP contribution is 2.22. The predicted octanol–water partition coefficient (Wildman–Crippen LogP) is 1.38. The number of piperidine rings is 1. The molecule has 2 aromatic heterocycles. The third kappa shape index (κ3) is 2.33. The van der Waals surface area contributed by atoms with Crippen molar-refractivity contribution >= 4 is 5.78 Å². The highest BCUT2D eigenvalue weighted by atomic mass is 16.1. The molecule has 0 aromatic carbocycles. The second-order valence-corrected chi connectivity index (χ2v) is 5.01. The Morgan fingerprint density at radius 2 is 2.21 bits per heavy atom. The van der Waals surface area contributed by atoms with Crippen LogP contribution in [0.2, 0.25) is 0 Å². The molecule has 0 atom stereocenters. The van der Waals surface area contributed by atoms with Crippen molar-refractivity contribution in [3.05, 3.63) is 42.0 Å². The number of nitrogens with one attached hydrogen (secondary N) is 1. The van der Waals surface area contributed by atoms with Crippen LogP contribution >= 0.6 is 0 Å². The molecule has 0 unspecified atom stereocenters. The van der Waals surface area contributed by atoms with Crippen LogP contribution in [0.15, 0.2) is 30.7 Å². The lowest BCUT2D eigenvalue weighted by molar-refractivity contribution is 0.102. The number of nitrogens with zero attached hydrogens (tertiary/aromatic N) is 3. The molecular weight excluding hydrogens is 240 g/mol. The summed E-state index contributed by atoms with van der Waals surface area (Å²) in [4.78, 5) is 12.5. The molecule has 0 spiro atoms. The van der Waals surface area contributed by atoms with Crippen molar-refractivity contribution in [3.8, 4) is 0 Å². The van der Waals surface area contributed by atoms with E-state index in [9.17, 15) is 4.79 Å². The average molecular weight is 258 g/mol. The second kappa shape index (κ2) is 5.01. The van der Waals surface area contributed by atoms with Gasteiger partial charge in [-0.1, -0.05) is 0 Å². The molecule has 0 aliphatic carbocycles. The van der Waals surface area contributed by atoms with Crippen molar-refractivity contribution in [3.63, 3.8) is 0 Å². The molecule has 1 aliphatic heterocycles. The molecule has 0 bridgehead atoms. The lowest BCUT2D eigenvalue weighted by Crippen LogP contribution is -2.30. The first-order chi connectivity index (χ1) is 9.25. The molecule has 100 valence electrons. The van der Waals surface area contributed by atoms with E-state index in [1.807, 2.05) is 25.4 Å². The van der Waals surface area contributed by atoms with Crippen molar-refractivity contribution in [1.82, 2.24) is 19.7 Å². The van der Waals surface area contributed by atoms with Gasteiger partial charge < -0.3 is 9.88 Å². The molecule has 0 radical (unpaired) electrons. The van der Waals surface area contributed by atoms with Gasteiger partial charge in [0, 0.05) is 25.5 Å². The molecule has 5 heteroatoms. The van der Waals surface area contributed by atoms with E-state index >= 15 is 0 Å². The van der Waals surface area contributed by atoms with Gasteiger partial charge in [-0.15, -0.1) is 0 Å². The zero-order chi connectivity index (χ0) is 13.2. The Labute approximate surface area is 112 Å². The van der Waals surface area contributed by atoms with Crippen LogP contribution in [0.5, 0.6) is 0 Å². The van der Waals surface area contributed by atoms with E-state index in [4.69, 9.17) is 0 Å². The summed E-state index contributed by atoms with van der Waals surface area (Å²) < 4.78 is 3.78. The molecule has 5 nitrogen and oxygen atoms in total. The summed E-state index contributed by atoms with van der Waals surface area (Å²) in [6.07, 6.45) is 7.55. The number of rotatable bonds is 3. The van der Waals surface area contributed by atoms with Gasteiger partial charge in [0.1, 0.15) is 0 Å². The molecule has 1 fully saturated rings. The molecule has 1 aliphatic rings. The highest BCUT2D eigenvalue weighted by Gasteiger charge is 2.21. The maximum atomic E-state index is 12.5. The lowest BCUT2D eigenvalue weighted by atomic mass is 10.1. The summed E-state index contributed by atoms with van der Waals surface area (Å²) >= 11 is 0. The monoisotopic (exact) mass is 258 g/mol. The van der Waals surface area contributed by atoms with E-state index in [-0.39, 0.29) is 5.78 Å². The first-order valence-electron chi connectivity index (χ1n) is 6.66. The Balaban J connectivity index is 1.89. The maximum Gasteiger partial charge on any atom is 0.212 e. The fourth-order valence-electron chi connectivity index (χ4n) is 2.68. The Morgan fingerprint density at radius 3 is 2.89 bits per heavy atom. The van der Waals surface area contributed by atoms with Gasteiger partial charge in [0.25, 0.3) is 0 Å². The Hall–Kier alpha value is -1.88. The third-order valence-electron chi connectivity index (χ3n) is 3.68. The first kappa shape index (κ1) is 12.2. The zero-order valence-electron chi connectivity index (χ0n) is 11.0. The molecule has 1 N–H and O–H groups in total. The van der Waals surface area contributed by atoms with E-state index in [1.165, 1.54) is 0 Å². The molecule has 0 saturated carbocycles. The van der Waals surface area contributed by atoms with Gasteiger partial charge in [0.15, 0.2) is 0 Å². The summed E-state index contributed by atoms with van der Waals surface area (Å²) in [5.74, 6) is 0.0524. The van der Waals surface area contributed by atoms with E-state index in [1.54, 1.807) is 17.1 Å². The number of carbonyl (C=O) groups excluding carboxylic acids is 1. The molecular formula is C14H18N4O. The summed E-state index contributed by atoms with van der Waals surface area (Å²) in [5.41, 5.74) is 1.41. The standard InChI is InChI=1S/C14H18N4O/c1-17-10-11(9-16-17)14(19)13-3-2-8-18(13)12-4-6-15-7-5-12/h2-3,8-10,12,15H,4-7H2,1H3. The summed E-state index contributed by atoms with van der Waals surface area (Å²) in [6.45, 7) is 2.03. The van der Waals surface area contributed by atoms with Crippen LogP contribution in [0, 0.1) is 0 Å². The topological polar surface area (TPSA) is 51.9 Å². The molecule has 3 rings (SSSR count). The van der Waals surface area contributed by atoms with Gasteiger partial charge in [-0.05, 0) is 38.1 Å². The van der Waals surface area contributed by atoms with E-state index in [0.717, 1.165) is 31.6 Å². The summed E-state index contributed by atoms with van der Waals surface area (Å²) in [6, 6.07) is 4.27. The number of aryl methyl sites for hydroxylation is 1. The molecule has 19 heavy (non-hydrogen) atoms. The molecule has 1 saturated heterocycles. The Bertz CT molecular complexity index is 578. The fourth-order valence-corrected chi connectivity index (χ4v) is 2.68. The number of ketones is 1. The van der Waals surface area contributed by atoms with Gasteiger partial charge in [0.05, 0.1) is 17.5 Å². The second-order valence-electron chi connectivity index (χ2n) is 5.01. The minimum Gasteiger partial charge on any atom is -0.342 e. The van der Waals surface area contributed by atoms with E-state index in [0.29, 0.717) is 11.6 Å². The summed E-state index contributed by atoms with van der Waals surface area (Å²) in [7, 11) is 1.82. The van der Waals surface area contributed by atoms with Crippen molar-refractivity contribution in [2.45, 2.75) is 18.9 Å². The SMILES string of the molecule is Cn1cc(C(=O)c2cccn2C2CCNCC2)cn1. The zero-order valence-corrected chi connectivity index (χ0v) is 11.0. The van der Waals surface area contributed by atoms with Crippen molar-refractivity contribution < 1.29 is 4.79 Å². The minimum absolute atomic E-state index is 0.0524. The lowest BCUT2D eigenvalue weighted by Gasteiger charge is -2.25. The fraction of sp³-hybridized carbons (Fsp3) is 0.429. The Kier molecular flexibility index (Phi) is 3.21. The van der Waals surface area contributed by atoms with Gasteiger partial charge in [-0.3, -0.25) is 9.48 Å². The van der Waals surface area contributed by atoms with Gasteiger partial charge >= 0.3 is 0 Å². The third-order valence-corrected chi connectivity index (χ3v) is 3.68. The van der Waals surface area contributed by atoms with Crippen molar-refractivity contribution in [2.75, 3.05) is 13.1 Å². The largest absolute Gasteiger partial charge is 0.342 e. The average Bonchev–Trinajstić information content (AvgIpc) is 3.07. The normalized spacial score (nSPS) is 16.7. The van der Waals surface area contributed by atoms with Crippen LogP contribution in [-0.4, -0.2) is 33.2 Å². The highest BCUT2D eigenvalue weighted by molar-refractivity contribution is 6.07. The van der Waals surface area contributed by atoms with Gasteiger partial charge in [-0.25, -0.2) is 0 Å². The molecule has 3 heterocycles. The van der Waals surface area contributed by atoms with Crippen LogP contribution < -0.4 is 5.32 Å². The summed E-state index contributed by atoms with van der Waals surface area (Å²) in [5, 5.41) is 7.42. The molecule has 0 amide bonds. The van der Waals surface area contributed by atoms with Crippen LogP contribution in [0.1, 0.15) is 34.9 Å². The number of hydrogen-bond acceptors (Lipinski definition) is 3. The molecule has 2 aromatic rings. The van der Waals surface area contributed by atoms with Crippen LogP contribution in [-0.2, 0) is 7.05 Å².